The van der Waals surface area contributed by atoms with Crippen LogP contribution in [0, 0.1) is 0 Å². The van der Waals surface area contributed by atoms with Gasteiger partial charge in [-0.15, -0.1) is 0 Å². The predicted molar refractivity (Wildman–Crippen MR) is 88.4 cm³/mol. The summed E-state index contributed by atoms with van der Waals surface area (Å²) in [5.41, 5.74) is 3.14. The van der Waals surface area contributed by atoms with E-state index in [2.05, 4.69) is 34.2 Å². The van der Waals surface area contributed by atoms with Crippen molar-refractivity contribution in [2.24, 2.45) is 0 Å². The van der Waals surface area contributed by atoms with E-state index in [1.165, 1.54) is 5.56 Å². The standard InChI is InChI=1S/C16H17BrClNO/c1-2-11-9-13(17)5-8-15(11)19-10-16(20)12-3-6-14(18)7-4-12/h3-9,16,19-20H,2,10H2,1H3. The van der Waals surface area contributed by atoms with Gasteiger partial charge in [0.2, 0.25) is 0 Å². The van der Waals surface area contributed by atoms with Crippen molar-refractivity contribution in [3.05, 3.63) is 63.1 Å². The highest BCUT2D eigenvalue weighted by molar-refractivity contribution is 9.10. The van der Waals surface area contributed by atoms with Crippen molar-refractivity contribution in [3.63, 3.8) is 0 Å². The first-order chi connectivity index (χ1) is 9.60. The van der Waals surface area contributed by atoms with Crippen molar-refractivity contribution >= 4 is 33.2 Å². The zero-order chi connectivity index (χ0) is 14.5. The van der Waals surface area contributed by atoms with Crippen LogP contribution in [0.25, 0.3) is 0 Å². The summed E-state index contributed by atoms with van der Waals surface area (Å²) in [5, 5.41) is 14.2. The van der Waals surface area contributed by atoms with E-state index in [4.69, 9.17) is 11.6 Å². The van der Waals surface area contributed by atoms with E-state index in [9.17, 15) is 5.11 Å². The zero-order valence-corrected chi connectivity index (χ0v) is 13.6. The number of benzene rings is 2. The minimum atomic E-state index is -0.555. The van der Waals surface area contributed by atoms with Crippen LogP contribution in [0.1, 0.15) is 24.2 Å². The fourth-order valence-corrected chi connectivity index (χ4v) is 2.57. The van der Waals surface area contributed by atoms with E-state index >= 15 is 0 Å². The van der Waals surface area contributed by atoms with Crippen molar-refractivity contribution in [1.82, 2.24) is 0 Å². The third kappa shape index (κ3) is 3.98. The summed E-state index contributed by atoms with van der Waals surface area (Å²) in [4.78, 5) is 0. The first kappa shape index (κ1) is 15.4. The Kier molecular flexibility index (Phi) is 5.46. The smallest absolute Gasteiger partial charge is 0.0962 e. The molecule has 0 aromatic heterocycles. The average Bonchev–Trinajstić information content (AvgIpc) is 2.46. The molecular weight excluding hydrogens is 338 g/mol. The Morgan fingerprint density at radius 1 is 1.20 bits per heavy atom. The monoisotopic (exact) mass is 353 g/mol. The van der Waals surface area contributed by atoms with E-state index in [0.717, 1.165) is 22.1 Å². The molecule has 2 rings (SSSR count). The Bertz CT molecular complexity index is 571. The number of aryl methyl sites for hydroxylation is 1. The van der Waals surface area contributed by atoms with Gasteiger partial charge in [0.25, 0.3) is 0 Å². The van der Waals surface area contributed by atoms with Crippen LogP contribution in [-0.2, 0) is 6.42 Å². The van der Waals surface area contributed by atoms with Gasteiger partial charge >= 0.3 is 0 Å². The fraction of sp³-hybridized carbons (Fsp3) is 0.250. The molecule has 1 unspecified atom stereocenters. The van der Waals surface area contributed by atoms with E-state index < -0.39 is 6.10 Å². The second kappa shape index (κ2) is 7.11. The van der Waals surface area contributed by atoms with E-state index in [1.54, 1.807) is 12.1 Å². The van der Waals surface area contributed by atoms with Gasteiger partial charge in [0.15, 0.2) is 0 Å². The predicted octanol–water partition coefficient (Wildman–Crippen LogP) is 4.81. The summed E-state index contributed by atoms with van der Waals surface area (Å²) in [6, 6.07) is 13.4. The molecule has 2 aromatic carbocycles. The highest BCUT2D eigenvalue weighted by atomic mass is 79.9. The summed E-state index contributed by atoms with van der Waals surface area (Å²) in [7, 11) is 0. The summed E-state index contributed by atoms with van der Waals surface area (Å²) in [5.74, 6) is 0. The third-order valence-electron chi connectivity index (χ3n) is 3.19. The van der Waals surface area contributed by atoms with Gasteiger partial charge in [0.1, 0.15) is 0 Å². The lowest BCUT2D eigenvalue weighted by Gasteiger charge is -2.16. The van der Waals surface area contributed by atoms with Gasteiger partial charge in [0.05, 0.1) is 6.10 Å². The van der Waals surface area contributed by atoms with Crippen LogP contribution in [0.3, 0.4) is 0 Å². The Balaban J connectivity index is 2.03. The normalized spacial score (nSPS) is 12.2. The molecule has 2 nitrogen and oxygen atoms in total. The second-order valence-corrected chi connectivity index (χ2v) is 5.96. The molecule has 0 spiro atoms. The highest BCUT2D eigenvalue weighted by Crippen LogP contribution is 2.23. The maximum Gasteiger partial charge on any atom is 0.0962 e. The van der Waals surface area contributed by atoms with Gasteiger partial charge in [-0.25, -0.2) is 0 Å². The largest absolute Gasteiger partial charge is 0.387 e. The molecule has 0 saturated heterocycles. The molecule has 0 heterocycles. The van der Waals surface area contributed by atoms with E-state index in [-0.39, 0.29) is 0 Å². The van der Waals surface area contributed by atoms with Gasteiger partial charge in [-0.1, -0.05) is 46.6 Å². The Labute approximate surface area is 132 Å². The Morgan fingerprint density at radius 3 is 2.55 bits per heavy atom. The molecule has 0 amide bonds. The number of hydrogen-bond acceptors (Lipinski definition) is 2. The number of hydrogen-bond donors (Lipinski definition) is 2. The molecule has 0 aliphatic carbocycles. The van der Waals surface area contributed by atoms with Crippen LogP contribution >= 0.6 is 27.5 Å². The molecule has 0 aliphatic rings. The molecule has 20 heavy (non-hydrogen) atoms. The average molecular weight is 355 g/mol. The number of rotatable bonds is 5. The summed E-state index contributed by atoms with van der Waals surface area (Å²) >= 11 is 9.31. The van der Waals surface area contributed by atoms with Gasteiger partial charge < -0.3 is 10.4 Å². The summed E-state index contributed by atoms with van der Waals surface area (Å²) < 4.78 is 1.07. The van der Waals surface area contributed by atoms with Gasteiger partial charge in [0, 0.05) is 21.7 Å². The number of anilines is 1. The molecule has 0 saturated carbocycles. The second-order valence-electron chi connectivity index (χ2n) is 4.60. The van der Waals surface area contributed by atoms with E-state index in [0.29, 0.717) is 11.6 Å². The van der Waals surface area contributed by atoms with Crippen molar-refractivity contribution < 1.29 is 5.11 Å². The number of halogens is 2. The Morgan fingerprint density at radius 2 is 1.90 bits per heavy atom. The lowest BCUT2D eigenvalue weighted by atomic mass is 10.1. The van der Waals surface area contributed by atoms with Crippen LogP contribution in [0.4, 0.5) is 5.69 Å². The van der Waals surface area contributed by atoms with Gasteiger partial charge in [-0.05, 0) is 47.9 Å². The summed E-state index contributed by atoms with van der Waals surface area (Å²) in [6.45, 7) is 2.58. The zero-order valence-electron chi connectivity index (χ0n) is 11.2. The number of nitrogens with one attached hydrogen (secondary N) is 1. The van der Waals surface area contributed by atoms with E-state index in [1.807, 2.05) is 24.3 Å². The molecule has 106 valence electrons. The molecule has 0 radical (unpaired) electrons. The molecule has 0 aliphatic heterocycles. The van der Waals surface area contributed by atoms with Gasteiger partial charge in [-0.3, -0.25) is 0 Å². The number of aliphatic hydroxyl groups is 1. The molecule has 1 atom stereocenters. The highest BCUT2D eigenvalue weighted by Gasteiger charge is 2.08. The molecule has 2 aromatic rings. The maximum atomic E-state index is 10.2. The lowest BCUT2D eigenvalue weighted by Crippen LogP contribution is -2.13. The molecule has 0 fully saturated rings. The van der Waals surface area contributed by atoms with Gasteiger partial charge in [-0.2, -0.15) is 0 Å². The van der Waals surface area contributed by atoms with Crippen LogP contribution in [0.5, 0.6) is 0 Å². The van der Waals surface area contributed by atoms with Crippen LogP contribution in [-0.4, -0.2) is 11.7 Å². The first-order valence-corrected chi connectivity index (χ1v) is 7.73. The first-order valence-electron chi connectivity index (χ1n) is 6.56. The SMILES string of the molecule is CCc1cc(Br)ccc1NCC(O)c1ccc(Cl)cc1. The molecular formula is C16H17BrClNO. The van der Waals surface area contributed by atoms with Crippen molar-refractivity contribution in [1.29, 1.82) is 0 Å². The minimum absolute atomic E-state index is 0.469. The van der Waals surface area contributed by atoms with Crippen LogP contribution in [0.2, 0.25) is 5.02 Å². The van der Waals surface area contributed by atoms with Crippen LogP contribution < -0.4 is 5.32 Å². The molecule has 0 bridgehead atoms. The lowest BCUT2D eigenvalue weighted by molar-refractivity contribution is 0.191. The minimum Gasteiger partial charge on any atom is -0.387 e. The summed E-state index contributed by atoms with van der Waals surface area (Å²) in [6.07, 6.45) is 0.388. The topological polar surface area (TPSA) is 32.3 Å². The van der Waals surface area contributed by atoms with Crippen molar-refractivity contribution in [2.45, 2.75) is 19.4 Å². The number of aliphatic hydroxyl groups excluding tert-OH is 1. The fourth-order valence-electron chi connectivity index (χ4n) is 2.04. The third-order valence-corrected chi connectivity index (χ3v) is 3.93. The molecule has 4 heteroatoms. The van der Waals surface area contributed by atoms with Crippen LogP contribution in [0.15, 0.2) is 46.9 Å². The Hall–Kier alpha value is -1.03. The maximum absolute atomic E-state index is 10.2. The molecule has 2 N–H and O–H groups in total. The van der Waals surface area contributed by atoms with Crippen molar-refractivity contribution in [2.75, 3.05) is 11.9 Å². The quantitative estimate of drug-likeness (QED) is 0.807. The van der Waals surface area contributed by atoms with Crippen molar-refractivity contribution in [3.8, 4) is 0 Å².